The van der Waals surface area contributed by atoms with Crippen molar-refractivity contribution in [2.24, 2.45) is 5.92 Å². The van der Waals surface area contributed by atoms with Crippen molar-refractivity contribution < 1.29 is 14.3 Å². The monoisotopic (exact) mass is 366 g/mol. The zero-order chi connectivity index (χ0) is 19.0. The van der Waals surface area contributed by atoms with Crippen LogP contribution in [-0.4, -0.2) is 35.4 Å². The predicted molar refractivity (Wildman–Crippen MR) is 101 cm³/mol. The smallest absolute Gasteiger partial charge is 0.323 e. The Balaban J connectivity index is 1.50. The number of hydrogen-bond donors (Lipinski definition) is 3. The van der Waals surface area contributed by atoms with Crippen molar-refractivity contribution in [1.82, 2.24) is 9.97 Å². The summed E-state index contributed by atoms with van der Waals surface area (Å²) in [6, 6.07) is 12.3. The number of carbonyl (C=O) groups is 2. The van der Waals surface area contributed by atoms with Crippen molar-refractivity contribution in [3.05, 3.63) is 52.9 Å². The van der Waals surface area contributed by atoms with Crippen LogP contribution in [0.25, 0.3) is 11.0 Å². The number of hydrogen-bond acceptors (Lipinski definition) is 4. The first-order valence-electron chi connectivity index (χ1n) is 8.51. The van der Waals surface area contributed by atoms with Gasteiger partial charge < -0.3 is 24.9 Å². The van der Waals surface area contributed by atoms with Gasteiger partial charge in [-0.2, -0.15) is 0 Å². The first kappa shape index (κ1) is 16.9. The molecule has 0 saturated carbocycles. The lowest BCUT2D eigenvalue weighted by molar-refractivity contribution is -0.122. The molecule has 1 fully saturated rings. The van der Waals surface area contributed by atoms with Gasteiger partial charge in [0.15, 0.2) is 0 Å². The topological polar surface area (TPSA) is 107 Å². The standard InChI is InChI=1S/C19H18N4O4/c1-27-16-5-3-2-4-15(16)23-10-11(8-17(23)24)18(25)20-12-6-7-13-14(9-12)22-19(26)21-13/h2-7,9,11H,8,10H2,1H3,(H,20,25)(H2,21,22,26). The van der Waals surface area contributed by atoms with E-state index in [-0.39, 0.29) is 30.5 Å². The quantitative estimate of drug-likeness (QED) is 0.655. The first-order valence-corrected chi connectivity index (χ1v) is 8.51. The van der Waals surface area contributed by atoms with E-state index in [2.05, 4.69) is 15.3 Å². The van der Waals surface area contributed by atoms with Crippen LogP contribution in [0, 0.1) is 5.92 Å². The van der Waals surface area contributed by atoms with E-state index in [1.165, 1.54) is 0 Å². The molecular formula is C19H18N4O4. The SMILES string of the molecule is COc1ccccc1N1CC(C(=O)Nc2ccc3[nH]c(=O)[nH]c3c2)CC1=O. The Kier molecular flexibility index (Phi) is 4.15. The van der Waals surface area contributed by atoms with Crippen molar-refractivity contribution in [2.75, 3.05) is 23.9 Å². The summed E-state index contributed by atoms with van der Waals surface area (Å²) < 4.78 is 5.31. The molecule has 0 spiro atoms. The molecule has 1 aliphatic heterocycles. The molecule has 2 amide bonds. The summed E-state index contributed by atoms with van der Waals surface area (Å²) in [7, 11) is 1.55. The molecule has 3 N–H and O–H groups in total. The number of benzene rings is 2. The third-order valence-corrected chi connectivity index (χ3v) is 4.66. The molecule has 4 rings (SSSR count). The molecule has 8 nitrogen and oxygen atoms in total. The van der Waals surface area contributed by atoms with Gasteiger partial charge in [-0.05, 0) is 30.3 Å². The Morgan fingerprint density at radius 2 is 1.93 bits per heavy atom. The highest BCUT2D eigenvalue weighted by Gasteiger charge is 2.36. The highest BCUT2D eigenvalue weighted by molar-refractivity contribution is 6.04. The molecule has 8 heteroatoms. The van der Waals surface area contributed by atoms with Crippen molar-refractivity contribution >= 4 is 34.2 Å². The van der Waals surface area contributed by atoms with Crippen LogP contribution < -0.4 is 20.6 Å². The lowest BCUT2D eigenvalue weighted by Gasteiger charge is -2.19. The van der Waals surface area contributed by atoms with Gasteiger partial charge in [-0.25, -0.2) is 4.79 Å². The van der Waals surface area contributed by atoms with Crippen LogP contribution in [0.1, 0.15) is 6.42 Å². The number of aromatic amines is 2. The van der Waals surface area contributed by atoms with Gasteiger partial charge in [0, 0.05) is 18.7 Å². The molecule has 0 bridgehead atoms. The van der Waals surface area contributed by atoms with Gasteiger partial charge in [0.05, 0.1) is 29.7 Å². The highest BCUT2D eigenvalue weighted by atomic mass is 16.5. The number of nitrogens with zero attached hydrogens (tertiary/aromatic N) is 1. The Hall–Kier alpha value is -3.55. The Morgan fingerprint density at radius 1 is 1.15 bits per heavy atom. The fourth-order valence-corrected chi connectivity index (χ4v) is 3.32. The van der Waals surface area contributed by atoms with Gasteiger partial charge in [0.25, 0.3) is 0 Å². The van der Waals surface area contributed by atoms with Gasteiger partial charge >= 0.3 is 5.69 Å². The van der Waals surface area contributed by atoms with Crippen molar-refractivity contribution in [1.29, 1.82) is 0 Å². The third kappa shape index (κ3) is 3.17. The lowest BCUT2D eigenvalue weighted by Crippen LogP contribution is -2.28. The van der Waals surface area contributed by atoms with Crippen LogP contribution in [0.2, 0.25) is 0 Å². The van der Waals surface area contributed by atoms with E-state index in [0.29, 0.717) is 28.2 Å². The first-order chi connectivity index (χ1) is 13.0. The summed E-state index contributed by atoms with van der Waals surface area (Å²) in [5.74, 6) is -0.236. The molecule has 0 radical (unpaired) electrons. The van der Waals surface area contributed by atoms with Crippen molar-refractivity contribution in [3.8, 4) is 5.75 Å². The molecule has 1 unspecified atom stereocenters. The van der Waals surface area contributed by atoms with Crippen LogP contribution in [0.5, 0.6) is 5.75 Å². The summed E-state index contributed by atoms with van der Waals surface area (Å²) in [5.41, 5.74) is 2.19. The minimum Gasteiger partial charge on any atom is -0.495 e. The maximum atomic E-state index is 12.6. The lowest BCUT2D eigenvalue weighted by atomic mass is 10.1. The zero-order valence-electron chi connectivity index (χ0n) is 14.6. The molecule has 0 aliphatic carbocycles. The number of amides is 2. The summed E-state index contributed by atoms with van der Waals surface area (Å²) in [5, 5.41) is 2.82. The second kappa shape index (κ2) is 6.64. The van der Waals surface area contributed by atoms with E-state index >= 15 is 0 Å². The molecule has 2 aromatic carbocycles. The van der Waals surface area contributed by atoms with Gasteiger partial charge in [-0.1, -0.05) is 12.1 Å². The summed E-state index contributed by atoms with van der Waals surface area (Å²) in [6.07, 6.45) is 0.132. The molecule has 1 saturated heterocycles. The van der Waals surface area contributed by atoms with Crippen LogP contribution in [-0.2, 0) is 9.59 Å². The molecule has 3 aromatic rings. The number of rotatable bonds is 4. The van der Waals surface area contributed by atoms with E-state index in [0.717, 1.165) is 0 Å². The van der Waals surface area contributed by atoms with E-state index in [1.54, 1.807) is 42.3 Å². The highest BCUT2D eigenvalue weighted by Crippen LogP contribution is 2.33. The van der Waals surface area contributed by atoms with Crippen molar-refractivity contribution in [2.45, 2.75) is 6.42 Å². The molecule has 1 aromatic heterocycles. The number of methoxy groups -OCH3 is 1. The number of imidazole rings is 1. The van der Waals surface area contributed by atoms with Gasteiger partial charge in [-0.15, -0.1) is 0 Å². The molecule has 138 valence electrons. The normalized spacial score (nSPS) is 16.7. The number of carbonyl (C=O) groups excluding carboxylic acids is 2. The van der Waals surface area contributed by atoms with Crippen LogP contribution in [0.3, 0.4) is 0 Å². The third-order valence-electron chi connectivity index (χ3n) is 4.66. The summed E-state index contributed by atoms with van der Waals surface area (Å²) >= 11 is 0. The number of nitrogens with one attached hydrogen (secondary N) is 3. The minimum absolute atomic E-state index is 0.120. The zero-order valence-corrected chi connectivity index (χ0v) is 14.6. The van der Waals surface area contributed by atoms with Crippen LogP contribution in [0.4, 0.5) is 11.4 Å². The number of H-pyrrole nitrogens is 2. The molecule has 2 heterocycles. The number of ether oxygens (including phenoxy) is 1. The van der Waals surface area contributed by atoms with Gasteiger partial charge in [-0.3, -0.25) is 9.59 Å². The van der Waals surface area contributed by atoms with Gasteiger partial charge in [0.1, 0.15) is 5.75 Å². The van der Waals surface area contributed by atoms with E-state index in [9.17, 15) is 14.4 Å². The van der Waals surface area contributed by atoms with E-state index in [4.69, 9.17) is 4.74 Å². The van der Waals surface area contributed by atoms with Gasteiger partial charge in [0.2, 0.25) is 11.8 Å². The van der Waals surface area contributed by atoms with E-state index < -0.39 is 5.92 Å². The average Bonchev–Trinajstić information content (AvgIpc) is 3.23. The fourth-order valence-electron chi connectivity index (χ4n) is 3.32. The Labute approximate surface area is 154 Å². The second-order valence-electron chi connectivity index (χ2n) is 6.41. The maximum absolute atomic E-state index is 12.6. The number of fused-ring (bicyclic) bond motifs is 1. The van der Waals surface area contributed by atoms with Crippen molar-refractivity contribution in [3.63, 3.8) is 0 Å². The molecule has 1 aliphatic rings. The summed E-state index contributed by atoms with van der Waals surface area (Å²) in [6.45, 7) is 0.286. The molecule has 27 heavy (non-hydrogen) atoms. The summed E-state index contributed by atoms with van der Waals surface area (Å²) in [4.78, 5) is 43.3. The minimum atomic E-state index is -0.469. The number of aromatic nitrogens is 2. The average molecular weight is 366 g/mol. The Bertz CT molecular complexity index is 1080. The van der Waals surface area contributed by atoms with Crippen LogP contribution in [0.15, 0.2) is 47.3 Å². The van der Waals surface area contributed by atoms with Crippen LogP contribution >= 0.6 is 0 Å². The number of para-hydroxylation sites is 2. The molecule has 1 atom stereocenters. The second-order valence-corrected chi connectivity index (χ2v) is 6.41. The Morgan fingerprint density at radius 3 is 2.74 bits per heavy atom. The molecular weight excluding hydrogens is 348 g/mol. The maximum Gasteiger partial charge on any atom is 0.323 e. The fraction of sp³-hybridized carbons (Fsp3) is 0.211. The predicted octanol–water partition coefficient (Wildman–Crippen LogP) is 1.86. The largest absolute Gasteiger partial charge is 0.495 e. The van der Waals surface area contributed by atoms with E-state index in [1.807, 2.05) is 12.1 Å². The number of anilines is 2.